The van der Waals surface area contributed by atoms with Crippen LogP contribution in [-0.2, 0) is 9.84 Å². The minimum Gasteiger partial charge on any atom is -0.331 e. The molecule has 4 rings (SSSR count). The van der Waals surface area contributed by atoms with Gasteiger partial charge in [-0.2, -0.15) is 0 Å². The highest BCUT2D eigenvalue weighted by atomic mass is 35.5. The molecule has 0 saturated carbocycles. The Hall–Kier alpha value is -2.09. The maximum atomic E-state index is 13.8. The molecule has 2 aliphatic heterocycles. The van der Waals surface area contributed by atoms with Crippen LogP contribution in [0.1, 0.15) is 67.7 Å². The first kappa shape index (κ1) is 27.0. The van der Waals surface area contributed by atoms with Crippen LogP contribution in [0.4, 0.5) is 0 Å². The van der Waals surface area contributed by atoms with Gasteiger partial charge in [-0.15, -0.1) is 0 Å². The lowest BCUT2D eigenvalue weighted by Gasteiger charge is -2.57. The van der Waals surface area contributed by atoms with Gasteiger partial charge in [-0.1, -0.05) is 23.2 Å². The van der Waals surface area contributed by atoms with Gasteiger partial charge in [-0.05, 0) is 95.5 Å². The Morgan fingerprint density at radius 3 is 1.75 bits per heavy atom. The highest BCUT2D eigenvalue weighted by Crippen LogP contribution is 2.43. The summed E-state index contributed by atoms with van der Waals surface area (Å²) in [5.41, 5.74) is -0.174. The fourth-order valence-electron chi connectivity index (χ4n) is 6.06. The van der Waals surface area contributed by atoms with E-state index in [9.17, 15) is 18.0 Å². The molecule has 0 spiro atoms. The number of piperidine rings is 1. The summed E-state index contributed by atoms with van der Waals surface area (Å²) >= 11 is 12.1. The summed E-state index contributed by atoms with van der Waals surface area (Å²) in [5.74, 6) is -0.276. The zero-order chi connectivity index (χ0) is 26.5. The third-order valence-corrected chi connectivity index (χ3v) is 9.55. The summed E-state index contributed by atoms with van der Waals surface area (Å²) in [6.07, 6.45) is 1.45. The third kappa shape index (κ3) is 5.43. The zero-order valence-electron chi connectivity index (χ0n) is 21.0. The fraction of sp³-hybridized carbons (Fsp3) is 0.481. The quantitative estimate of drug-likeness (QED) is 0.504. The zero-order valence-corrected chi connectivity index (χ0v) is 23.3. The molecular formula is C27H32Cl2N2O4S. The average Bonchev–Trinajstić information content (AvgIpc) is 3.12. The molecule has 1 atom stereocenters. The van der Waals surface area contributed by atoms with Crippen LogP contribution >= 0.6 is 23.2 Å². The van der Waals surface area contributed by atoms with E-state index in [2.05, 4.69) is 0 Å². The van der Waals surface area contributed by atoms with Gasteiger partial charge in [0.1, 0.15) is 0 Å². The molecule has 2 saturated heterocycles. The standard InChI is InChI=1S/C27H32Cl2N2O4S/c1-26(2)15-23(16-27(3,4)31(26)25(33)19-7-11-21(29)12-8-19)30(22-13-14-36(34,35)17-22)24(32)18-5-9-20(28)10-6-18/h5-12,22-23H,13-17H2,1-4H3. The fourth-order valence-corrected chi connectivity index (χ4v) is 8.02. The minimum atomic E-state index is -3.21. The smallest absolute Gasteiger partial charge is 0.254 e. The highest BCUT2D eigenvalue weighted by molar-refractivity contribution is 7.91. The molecule has 0 N–H and O–H groups in total. The third-order valence-electron chi connectivity index (χ3n) is 7.30. The van der Waals surface area contributed by atoms with Crippen LogP contribution in [-0.4, -0.2) is 64.7 Å². The summed E-state index contributed by atoms with van der Waals surface area (Å²) in [6.45, 7) is 8.02. The van der Waals surface area contributed by atoms with E-state index in [0.717, 1.165) is 0 Å². The average molecular weight is 552 g/mol. The van der Waals surface area contributed by atoms with Gasteiger partial charge < -0.3 is 9.80 Å². The first-order valence-electron chi connectivity index (χ1n) is 12.1. The molecule has 0 radical (unpaired) electrons. The van der Waals surface area contributed by atoms with Crippen LogP contribution in [0.25, 0.3) is 0 Å². The first-order chi connectivity index (χ1) is 16.7. The van der Waals surface area contributed by atoms with Gasteiger partial charge in [0.05, 0.1) is 11.5 Å². The summed E-state index contributed by atoms with van der Waals surface area (Å²) < 4.78 is 24.8. The van der Waals surface area contributed by atoms with Gasteiger partial charge in [-0.3, -0.25) is 9.59 Å². The van der Waals surface area contributed by atoms with Crippen LogP contribution in [0.5, 0.6) is 0 Å². The van der Waals surface area contributed by atoms with Crippen LogP contribution in [0.2, 0.25) is 10.0 Å². The van der Waals surface area contributed by atoms with Crippen LogP contribution in [0.3, 0.4) is 0 Å². The molecule has 2 aromatic rings. The Bertz CT molecular complexity index is 1240. The molecule has 9 heteroatoms. The number of hydrogen-bond donors (Lipinski definition) is 0. The Balaban J connectivity index is 1.69. The summed E-state index contributed by atoms with van der Waals surface area (Å²) in [7, 11) is -3.21. The van der Waals surface area contributed by atoms with Crippen LogP contribution < -0.4 is 0 Å². The van der Waals surface area contributed by atoms with Gasteiger partial charge in [0.2, 0.25) is 0 Å². The largest absolute Gasteiger partial charge is 0.331 e. The number of carbonyl (C=O) groups is 2. The Morgan fingerprint density at radius 1 is 0.833 bits per heavy atom. The van der Waals surface area contributed by atoms with Gasteiger partial charge in [0.15, 0.2) is 9.84 Å². The molecule has 36 heavy (non-hydrogen) atoms. The Kier molecular flexibility index (Phi) is 7.23. The van der Waals surface area contributed by atoms with Crippen molar-refractivity contribution in [1.82, 2.24) is 9.80 Å². The van der Waals surface area contributed by atoms with Crippen molar-refractivity contribution in [3.05, 3.63) is 69.7 Å². The van der Waals surface area contributed by atoms with E-state index in [1.54, 1.807) is 53.4 Å². The second kappa shape index (κ2) is 9.66. The Morgan fingerprint density at radius 2 is 1.31 bits per heavy atom. The first-order valence-corrected chi connectivity index (χ1v) is 14.7. The number of benzene rings is 2. The molecule has 1 unspecified atom stereocenters. The van der Waals surface area contributed by atoms with Crippen molar-refractivity contribution in [3.63, 3.8) is 0 Å². The lowest BCUT2D eigenvalue weighted by molar-refractivity contribution is -0.0447. The maximum absolute atomic E-state index is 13.8. The van der Waals surface area contributed by atoms with Gasteiger partial charge in [0.25, 0.3) is 11.8 Å². The topological polar surface area (TPSA) is 74.8 Å². The number of amides is 2. The molecule has 2 aliphatic rings. The second-order valence-corrected chi connectivity index (χ2v) is 14.2. The Labute approximate surface area is 223 Å². The van der Waals surface area contributed by atoms with E-state index in [1.807, 2.05) is 32.6 Å². The molecular weight excluding hydrogens is 519 g/mol. The van der Waals surface area contributed by atoms with E-state index in [-0.39, 0.29) is 29.4 Å². The number of sulfone groups is 1. The molecule has 194 valence electrons. The molecule has 6 nitrogen and oxygen atoms in total. The predicted molar refractivity (Wildman–Crippen MR) is 143 cm³/mol. The molecule has 2 heterocycles. The molecule has 0 bridgehead atoms. The number of halogens is 2. The van der Waals surface area contributed by atoms with Gasteiger partial charge >= 0.3 is 0 Å². The van der Waals surface area contributed by atoms with Crippen LogP contribution in [0, 0.1) is 0 Å². The number of carbonyl (C=O) groups excluding carboxylic acids is 2. The van der Waals surface area contributed by atoms with Gasteiger partial charge in [-0.25, -0.2) is 8.42 Å². The molecule has 0 aliphatic carbocycles. The van der Waals surface area contributed by atoms with Crippen molar-refractivity contribution in [1.29, 1.82) is 0 Å². The minimum absolute atomic E-state index is 0.0445. The van der Waals surface area contributed by atoms with Crippen molar-refractivity contribution in [2.45, 2.75) is 70.1 Å². The lowest BCUT2D eigenvalue weighted by Crippen LogP contribution is -2.67. The van der Waals surface area contributed by atoms with E-state index in [4.69, 9.17) is 23.2 Å². The van der Waals surface area contributed by atoms with E-state index in [1.165, 1.54) is 0 Å². The van der Waals surface area contributed by atoms with E-state index >= 15 is 0 Å². The maximum Gasteiger partial charge on any atom is 0.254 e. The van der Waals surface area contributed by atoms with Crippen molar-refractivity contribution >= 4 is 44.9 Å². The summed E-state index contributed by atoms with van der Waals surface area (Å²) in [4.78, 5) is 31.2. The van der Waals surface area contributed by atoms with Crippen molar-refractivity contribution in [3.8, 4) is 0 Å². The lowest BCUT2D eigenvalue weighted by atomic mass is 9.75. The number of rotatable bonds is 4. The monoisotopic (exact) mass is 550 g/mol. The molecule has 2 fully saturated rings. The highest BCUT2D eigenvalue weighted by Gasteiger charge is 2.51. The number of hydrogen-bond acceptors (Lipinski definition) is 4. The van der Waals surface area contributed by atoms with Gasteiger partial charge in [0, 0.05) is 44.3 Å². The van der Waals surface area contributed by atoms with Crippen molar-refractivity contribution < 1.29 is 18.0 Å². The molecule has 0 aromatic heterocycles. The number of nitrogens with zero attached hydrogens (tertiary/aromatic N) is 2. The van der Waals surface area contributed by atoms with Crippen LogP contribution in [0.15, 0.2) is 48.5 Å². The molecule has 2 aromatic carbocycles. The SMILES string of the molecule is CC1(C)CC(N(C(=O)c2ccc(Cl)cc2)C2CCS(=O)(=O)C2)CC(C)(C)N1C(=O)c1ccc(Cl)cc1. The second-order valence-electron chi connectivity index (χ2n) is 11.1. The van der Waals surface area contributed by atoms with Crippen molar-refractivity contribution in [2.75, 3.05) is 11.5 Å². The summed E-state index contributed by atoms with van der Waals surface area (Å²) in [6, 6.07) is 12.9. The predicted octanol–water partition coefficient (Wildman–Crippen LogP) is 5.48. The van der Waals surface area contributed by atoms with Crippen molar-refractivity contribution in [2.24, 2.45) is 0 Å². The molecule has 2 amide bonds. The number of likely N-dealkylation sites (tertiary alicyclic amines) is 1. The van der Waals surface area contributed by atoms with E-state index in [0.29, 0.717) is 40.4 Å². The normalized spacial score (nSPS) is 22.8. The van der Waals surface area contributed by atoms with E-state index < -0.39 is 27.0 Å². The summed E-state index contributed by atoms with van der Waals surface area (Å²) in [5, 5.41) is 1.09.